The predicted molar refractivity (Wildman–Crippen MR) is 97.0 cm³/mol. The number of hydrogen-bond donors (Lipinski definition) is 1. The summed E-state index contributed by atoms with van der Waals surface area (Å²) in [5, 5.41) is 3.47. The molecule has 4 nitrogen and oxygen atoms in total. The second kappa shape index (κ2) is 9.07. The van der Waals surface area contributed by atoms with Crippen molar-refractivity contribution in [3.8, 4) is 0 Å². The van der Waals surface area contributed by atoms with Gasteiger partial charge in [0.2, 0.25) is 0 Å². The van der Waals surface area contributed by atoms with E-state index in [2.05, 4.69) is 36.0 Å². The topological polar surface area (TPSA) is 30.9 Å². The Labute approximate surface area is 141 Å². The fourth-order valence-corrected chi connectivity index (χ4v) is 3.20. The van der Waals surface area contributed by atoms with Gasteiger partial charge in [-0.25, -0.2) is 0 Å². The first-order chi connectivity index (χ1) is 9.19. The van der Waals surface area contributed by atoms with Gasteiger partial charge in [0, 0.05) is 32.7 Å². The third kappa shape index (κ3) is 5.39. The second-order valence-corrected chi connectivity index (χ2v) is 6.30. The van der Waals surface area contributed by atoms with Crippen LogP contribution in [0.5, 0.6) is 0 Å². The minimum atomic E-state index is 0. The average Bonchev–Trinajstić information content (AvgIpc) is 2.80. The molecule has 2 aliphatic rings. The Morgan fingerprint density at radius 2 is 2.05 bits per heavy atom. The van der Waals surface area contributed by atoms with Crippen LogP contribution < -0.4 is 5.32 Å². The number of halogens is 1. The molecule has 5 heteroatoms. The Morgan fingerprint density at radius 3 is 2.65 bits per heavy atom. The Hall–Kier alpha value is -0.0400. The zero-order valence-electron chi connectivity index (χ0n) is 13.3. The van der Waals surface area contributed by atoms with Crippen LogP contribution in [0.25, 0.3) is 0 Å². The van der Waals surface area contributed by atoms with Crippen LogP contribution in [0, 0.1) is 11.8 Å². The summed E-state index contributed by atoms with van der Waals surface area (Å²) in [4.78, 5) is 9.76. The maximum Gasteiger partial charge on any atom is 0.193 e. The van der Waals surface area contributed by atoms with E-state index >= 15 is 0 Å². The van der Waals surface area contributed by atoms with Gasteiger partial charge >= 0.3 is 0 Å². The first-order valence-electron chi connectivity index (χ1n) is 7.90. The van der Waals surface area contributed by atoms with Crippen molar-refractivity contribution in [1.82, 2.24) is 15.1 Å². The number of nitrogens with zero attached hydrogens (tertiary/aromatic N) is 3. The molecule has 0 aliphatic carbocycles. The van der Waals surface area contributed by atoms with Crippen LogP contribution >= 0.6 is 24.0 Å². The number of piperidine rings is 1. The summed E-state index contributed by atoms with van der Waals surface area (Å²) < 4.78 is 0. The minimum Gasteiger partial charge on any atom is -0.357 e. The highest BCUT2D eigenvalue weighted by Gasteiger charge is 2.21. The van der Waals surface area contributed by atoms with Crippen LogP contribution in [0.3, 0.4) is 0 Å². The molecule has 2 fully saturated rings. The zero-order valence-corrected chi connectivity index (χ0v) is 15.6. The van der Waals surface area contributed by atoms with E-state index < -0.39 is 0 Å². The molecule has 0 bridgehead atoms. The lowest BCUT2D eigenvalue weighted by atomic mass is 10.0. The summed E-state index contributed by atoms with van der Waals surface area (Å²) in [6.45, 7) is 11.2. The molecule has 0 saturated carbocycles. The van der Waals surface area contributed by atoms with Crippen molar-refractivity contribution in [2.45, 2.75) is 33.1 Å². The molecule has 20 heavy (non-hydrogen) atoms. The number of aliphatic imine (C=N–C) groups is 1. The smallest absolute Gasteiger partial charge is 0.193 e. The zero-order chi connectivity index (χ0) is 13.7. The molecule has 0 aromatic carbocycles. The highest BCUT2D eigenvalue weighted by molar-refractivity contribution is 14.0. The Morgan fingerprint density at radius 1 is 1.25 bits per heavy atom. The molecule has 2 unspecified atom stereocenters. The summed E-state index contributed by atoms with van der Waals surface area (Å²) in [7, 11) is 2.21. The number of rotatable bonds is 3. The maximum atomic E-state index is 4.89. The van der Waals surface area contributed by atoms with E-state index in [1.807, 2.05) is 0 Å². The number of guanidine groups is 1. The molecular weight excluding hydrogens is 363 g/mol. The lowest BCUT2D eigenvalue weighted by molar-refractivity contribution is 0.265. The Kier molecular flexibility index (Phi) is 8.17. The van der Waals surface area contributed by atoms with E-state index in [1.54, 1.807) is 0 Å². The fourth-order valence-electron chi connectivity index (χ4n) is 3.20. The Balaban J connectivity index is 0.00000200. The van der Waals surface area contributed by atoms with Gasteiger partial charge in [0.1, 0.15) is 0 Å². The SMILES string of the molecule is CCNC(=NCC1CCN(C)C1)N1CCCC(C)C1.I. The third-order valence-electron chi connectivity index (χ3n) is 4.28. The Bertz CT molecular complexity index is 308. The van der Waals surface area contributed by atoms with Gasteiger partial charge in [-0.15, -0.1) is 24.0 Å². The minimum absolute atomic E-state index is 0. The van der Waals surface area contributed by atoms with E-state index in [0.29, 0.717) is 0 Å². The van der Waals surface area contributed by atoms with Crippen molar-refractivity contribution >= 4 is 29.9 Å². The summed E-state index contributed by atoms with van der Waals surface area (Å²) in [5.41, 5.74) is 0. The van der Waals surface area contributed by atoms with E-state index in [1.165, 1.54) is 38.9 Å². The van der Waals surface area contributed by atoms with E-state index in [0.717, 1.165) is 37.4 Å². The lowest BCUT2D eigenvalue weighted by Gasteiger charge is -2.33. The first kappa shape index (κ1) is 18.0. The van der Waals surface area contributed by atoms with Crippen molar-refractivity contribution in [3.05, 3.63) is 0 Å². The molecule has 0 aromatic rings. The van der Waals surface area contributed by atoms with E-state index in [-0.39, 0.29) is 24.0 Å². The predicted octanol–water partition coefficient (Wildman–Crippen LogP) is 2.25. The highest BCUT2D eigenvalue weighted by Crippen LogP contribution is 2.17. The van der Waals surface area contributed by atoms with Gasteiger partial charge in [-0.05, 0) is 51.6 Å². The summed E-state index contributed by atoms with van der Waals surface area (Å²) >= 11 is 0. The van der Waals surface area contributed by atoms with E-state index in [4.69, 9.17) is 4.99 Å². The van der Waals surface area contributed by atoms with Gasteiger partial charge in [-0.2, -0.15) is 0 Å². The molecule has 0 aromatic heterocycles. The molecule has 2 atom stereocenters. The summed E-state index contributed by atoms with van der Waals surface area (Å²) in [5.74, 6) is 2.69. The van der Waals surface area contributed by atoms with Crippen molar-refractivity contribution < 1.29 is 0 Å². The molecule has 0 amide bonds. The van der Waals surface area contributed by atoms with Gasteiger partial charge in [0.05, 0.1) is 0 Å². The summed E-state index contributed by atoms with van der Waals surface area (Å²) in [6.07, 6.45) is 3.97. The number of hydrogen-bond acceptors (Lipinski definition) is 2. The number of likely N-dealkylation sites (tertiary alicyclic amines) is 2. The van der Waals surface area contributed by atoms with Gasteiger partial charge in [-0.3, -0.25) is 4.99 Å². The number of nitrogens with one attached hydrogen (secondary N) is 1. The monoisotopic (exact) mass is 394 g/mol. The van der Waals surface area contributed by atoms with Gasteiger partial charge in [-0.1, -0.05) is 6.92 Å². The average molecular weight is 394 g/mol. The van der Waals surface area contributed by atoms with Crippen molar-refractivity contribution in [1.29, 1.82) is 0 Å². The fraction of sp³-hybridized carbons (Fsp3) is 0.933. The van der Waals surface area contributed by atoms with Crippen LogP contribution in [-0.2, 0) is 0 Å². The van der Waals surface area contributed by atoms with Gasteiger partial charge in [0.25, 0.3) is 0 Å². The maximum absolute atomic E-state index is 4.89. The van der Waals surface area contributed by atoms with Crippen LogP contribution in [0.4, 0.5) is 0 Å². The standard InChI is InChI=1S/C15H30N4.HI/c1-4-16-15(19-8-5-6-13(2)11-19)17-10-14-7-9-18(3)12-14;/h13-14H,4-12H2,1-3H3,(H,16,17);1H. The molecule has 0 spiro atoms. The molecule has 2 saturated heterocycles. The van der Waals surface area contributed by atoms with Crippen LogP contribution in [-0.4, -0.2) is 62.1 Å². The van der Waals surface area contributed by atoms with Gasteiger partial charge in [0.15, 0.2) is 5.96 Å². The first-order valence-corrected chi connectivity index (χ1v) is 7.90. The van der Waals surface area contributed by atoms with Crippen LogP contribution in [0.1, 0.15) is 33.1 Å². The second-order valence-electron chi connectivity index (χ2n) is 6.30. The van der Waals surface area contributed by atoms with Crippen LogP contribution in [0.2, 0.25) is 0 Å². The quantitative estimate of drug-likeness (QED) is 0.453. The molecule has 1 N–H and O–H groups in total. The molecule has 118 valence electrons. The normalized spacial score (nSPS) is 28.4. The van der Waals surface area contributed by atoms with Crippen LogP contribution in [0.15, 0.2) is 4.99 Å². The molecule has 2 rings (SSSR count). The van der Waals surface area contributed by atoms with Crippen molar-refractivity contribution in [2.24, 2.45) is 16.8 Å². The van der Waals surface area contributed by atoms with Crippen molar-refractivity contribution in [2.75, 3.05) is 46.3 Å². The molecular formula is C15H31IN4. The lowest BCUT2D eigenvalue weighted by Crippen LogP contribution is -2.46. The molecule has 2 aliphatic heterocycles. The largest absolute Gasteiger partial charge is 0.357 e. The highest BCUT2D eigenvalue weighted by atomic mass is 127. The molecule has 0 radical (unpaired) electrons. The van der Waals surface area contributed by atoms with E-state index in [9.17, 15) is 0 Å². The molecule has 2 heterocycles. The third-order valence-corrected chi connectivity index (χ3v) is 4.28. The van der Waals surface area contributed by atoms with Gasteiger partial charge < -0.3 is 15.1 Å². The summed E-state index contributed by atoms with van der Waals surface area (Å²) in [6, 6.07) is 0. The van der Waals surface area contributed by atoms with Crippen molar-refractivity contribution in [3.63, 3.8) is 0 Å².